The first kappa shape index (κ1) is 23.3. The molecule has 1 aliphatic heterocycles. The van der Waals surface area contributed by atoms with Crippen LogP contribution in [0, 0.1) is 5.92 Å². The molecule has 0 bridgehead atoms. The van der Waals surface area contributed by atoms with Gasteiger partial charge < -0.3 is 10.1 Å². The molecule has 3 nitrogen and oxygen atoms in total. The normalized spacial score (nSPS) is 16.9. The fourth-order valence-electron chi connectivity index (χ4n) is 2.86. The summed E-state index contributed by atoms with van der Waals surface area (Å²) in [5, 5.41) is 3.30. The number of nitrogens with zero attached hydrogens (tertiary/aromatic N) is 1. The second kappa shape index (κ2) is 10.3. The standard InChI is InChI=1S/C16H23F3N2O.2ClH/c1-12(2)10-15(21-8-6-20-7-9-21)13-4-3-5-14(11-13)22-16(17,18)19;;/h3-5,11-12,15,20H,6-10H2,1-2H3;2*1H/t15-;;/m0../s1. The van der Waals surface area contributed by atoms with Crippen LogP contribution in [0.4, 0.5) is 13.2 Å². The highest BCUT2D eigenvalue weighted by Gasteiger charge is 2.31. The van der Waals surface area contributed by atoms with Crippen LogP contribution in [-0.2, 0) is 0 Å². The summed E-state index contributed by atoms with van der Waals surface area (Å²) in [6.45, 7) is 7.89. The molecule has 0 radical (unpaired) electrons. The van der Waals surface area contributed by atoms with E-state index in [-0.39, 0.29) is 36.6 Å². The first-order valence-corrected chi connectivity index (χ1v) is 7.65. The minimum absolute atomic E-state index is 0. The van der Waals surface area contributed by atoms with E-state index < -0.39 is 6.36 Å². The summed E-state index contributed by atoms with van der Waals surface area (Å²) in [6.07, 6.45) is -3.74. The molecule has 8 heteroatoms. The Hall–Kier alpha value is -0.690. The highest BCUT2D eigenvalue weighted by atomic mass is 35.5. The van der Waals surface area contributed by atoms with E-state index in [4.69, 9.17) is 0 Å². The smallest absolute Gasteiger partial charge is 0.406 e. The van der Waals surface area contributed by atoms with Gasteiger partial charge in [0.2, 0.25) is 0 Å². The van der Waals surface area contributed by atoms with Crippen LogP contribution < -0.4 is 10.1 Å². The van der Waals surface area contributed by atoms with Gasteiger partial charge >= 0.3 is 6.36 Å². The number of halogens is 5. The Labute approximate surface area is 153 Å². The lowest BCUT2D eigenvalue weighted by Crippen LogP contribution is -2.45. The van der Waals surface area contributed by atoms with Gasteiger partial charge in [-0.1, -0.05) is 26.0 Å². The molecule has 0 spiro atoms. The summed E-state index contributed by atoms with van der Waals surface area (Å²) in [7, 11) is 0. The number of alkyl halides is 3. The van der Waals surface area contributed by atoms with Crippen molar-refractivity contribution in [2.24, 2.45) is 5.92 Å². The molecule has 0 amide bonds. The number of nitrogens with one attached hydrogen (secondary N) is 1. The zero-order chi connectivity index (χ0) is 16.2. The lowest BCUT2D eigenvalue weighted by molar-refractivity contribution is -0.274. The Morgan fingerprint density at radius 1 is 1.17 bits per heavy atom. The van der Waals surface area contributed by atoms with Crippen LogP contribution in [0.2, 0.25) is 0 Å². The van der Waals surface area contributed by atoms with Gasteiger partial charge in [-0.2, -0.15) is 0 Å². The van der Waals surface area contributed by atoms with Crippen LogP contribution in [-0.4, -0.2) is 37.4 Å². The van der Waals surface area contributed by atoms with Gasteiger partial charge in [0.25, 0.3) is 0 Å². The summed E-state index contributed by atoms with van der Waals surface area (Å²) in [5.74, 6) is 0.320. The Morgan fingerprint density at radius 3 is 2.33 bits per heavy atom. The number of piperazine rings is 1. The molecule has 0 saturated carbocycles. The number of hydrogen-bond donors (Lipinski definition) is 1. The highest BCUT2D eigenvalue weighted by Crippen LogP contribution is 2.31. The Kier molecular flexibility index (Phi) is 10.0. The predicted molar refractivity (Wildman–Crippen MR) is 94.3 cm³/mol. The summed E-state index contributed by atoms with van der Waals surface area (Å²) in [4.78, 5) is 2.34. The highest BCUT2D eigenvalue weighted by molar-refractivity contribution is 5.85. The molecule has 1 aliphatic rings. The second-order valence-corrected chi connectivity index (χ2v) is 6.05. The Morgan fingerprint density at radius 2 is 1.79 bits per heavy atom. The summed E-state index contributed by atoms with van der Waals surface area (Å²) < 4.78 is 41.2. The van der Waals surface area contributed by atoms with Gasteiger partial charge in [0.15, 0.2) is 0 Å². The second-order valence-electron chi connectivity index (χ2n) is 6.05. The fourth-order valence-corrected chi connectivity index (χ4v) is 2.86. The molecule has 1 saturated heterocycles. The third-order valence-electron chi connectivity index (χ3n) is 3.76. The molecule has 1 atom stereocenters. The third-order valence-corrected chi connectivity index (χ3v) is 3.76. The topological polar surface area (TPSA) is 24.5 Å². The summed E-state index contributed by atoms with van der Waals surface area (Å²) >= 11 is 0. The maximum absolute atomic E-state index is 12.4. The zero-order valence-corrected chi connectivity index (χ0v) is 15.4. The average molecular weight is 389 g/mol. The van der Waals surface area contributed by atoms with Crippen LogP contribution in [0.3, 0.4) is 0 Å². The van der Waals surface area contributed by atoms with Crippen LogP contribution in [0.5, 0.6) is 5.75 Å². The van der Waals surface area contributed by atoms with Crippen molar-refractivity contribution in [1.29, 1.82) is 0 Å². The van der Waals surface area contributed by atoms with E-state index in [1.54, 1.807) is 6.07 Å². The van der Waals surface area contributed by atoms with Gasteiger partial charge in [-0.05, 0) is 30.0 Å². The van der Waals surface area contributed by atoms with E-state index in [2.05, 4.69) is 28.8 Å². The predicted octanol–water partition coefficient (Wildman–Crippen LogP) is 4.42. The molecule has 2 rings (SSSR count). The van der Waals surface area contributed by atoms with Crippen LogP contribution in [0.1, 0.15) is 31.9 Å². The van der Waals surface area contributed by atoms with Crippen molar-refractivity contribution in [3.63, 3.8) is 0 Å². The van der Waals surface area contributed by atoms with Crippen molar-refractivity contribution in [2.75, 3.05) is 26.2 Å². The Bertz CT molecular complexity index is 481. The molecule has 140 valence electrons. The van der Waals surface area contributed by atoms with Crippen molar-refractivity contribution >= 4 is 24.8 Å². The number of benzene rings is 1. The van der Waals surface area contributed by atoms with E-state index >= 15 is 0 Å². The monoisotopic (exact) mass is 388 g/mol. The molecule has 1 N–H and O–H groups in total. The average Bonchev–Trinajstić information content (AvgIpc) is 2.44. The number of ether oxygens (including phenoxy) is 1. The van der Waals surface area contributed by atoms with E-state index in [9.17, 15) is 13.2 Å². The maximum Gasteiger partial charge on any atom is 0.573 e. The molecule has 24 heavy (non-hydrogen) atoms. The lowest BCUT2D eigenvalue weighted by atomic mass is 9.95. The first-order chi connectivity index (χ1) is 10.3. The molecule has 0 aliphatic carbocycles. The first-order valence-electron chi connectivity index (χ1n) is 7.65. The van der Waals surface area contributed by atoms with Crippen molar-refractivity contribution in [1.82, 2.24) is 10.2 Å². The Balaban J connectivity index is 0.00000264. The molecule has 0 aromatic heterocycles. The summed E-state index contributed by atoms with van der Waals surface area (Å²) in [5.41, 5.74) is 0.886. The minimum atomic E-state index is -4.65. The van der Waals surface area contributed by atoms with Crippen molar-refractivity contribution < 1.29 is 17.9 Å². The van der Waals surface area contributed by atoms with E-state index in [1.807, 2.05) is 6.07 Å². The molecule has 1 heterocycles. The van der Waals surface area contributed by atoms with Gasteiger partial charge in [-0.25, -0.2) is 0 Å². The van der Waals surface area contributed by atoms with Gasteiger partial charge in [0.1, 0.15) is 5.75 Å². The third kappa shape index (κ3) is 7.47. The molecule has 0 unspecified atom stereocenters. The van der Waals surface area contributed by atoms with E-state index in [1.165, 1.54) is 12.1 Å². The zero-order valence-electron chi connectivity index (χ0n) is 13.8. The van der Waals surface area contributed by atoms with Crippen LogP contribution in [0.25, 0.3) is 0 Å². The minimum Gasteiger partial charge on any atom is -0.406 e. The molecular formula is C16H25Cl2F3N2O. The molecule has 1 fully saturated rings. The summed E-state index contributed by atoms with van der Waals surface area (Å²) in [6, 6.07) is 6.51. The van der Waals surface area contributed by atoms with Crippen molar-refractivity contribution in [2.45, 2.75) is 32.7 Å². The van der Waals surface area contributed by atoms with Crippen molar-refractivity contribution in [3.05, 3.63) is 29.8 Å². The molecular weight excluding hydrogens is 364 g/mol. The molecule has 1 aromatic carbocycles. The van der Waals surface area contributed by atoms with E-state index in [0.717, 1.165) is 38.2 Å². The van der Waals surface area contributed by atoms with Crippen LogP contribution >= 0.6 is 24.8 Å². The maximum atomic E-state index is 12.4. The van der Waals surface area contributed by atoms with Crippen molar-refractivity contribution in [3.8, 4) is 5.75 Å². The largest absolute Gasteiger partial charge is 0.573 e. The number of rotatable bonds is 5. The van der Waals surface area contributed by atoms with Gasteiger partial charge in [0.05, 0.1) is 0 Å². The quantitative estimate of drug-likeness (QED) is 0.807. The fraction of sp³-hybridized carbons (Fsp3) is 0.625. The van der Waals surface area contributed by atoms with Gasteiger partial charge in [-0.15, -0.1) is 38.0 Å². The van der Waals surface area contributed by atoms with E-state index in [0.29, 0.717) is 5.92 Å². The SMILES string of the molecule is CC(C)C[C@@H](c1cccc(OC(F)(F)F)c1)N1CCNCC1.Cl.Cl. The van der Waals surface area contributed by atoms with Gasteiger partial charge in [0, 0.05) is 32.2 Å². The number of hydrogen-bond acceptors (Lipinski definition) is 3. The van der Waals surface area contributed by atoms with Gasteiger partial charge in [-0.3, -0.25) is 4.90 Å². The lowest BCUT2D eigenvalue weighted by Gasteiger charge is -2.36. The van der Waals surface area contributed by atoms with Crippen LogP contribution in [0.15, 0.2) is 24.3 Å². The molecule has 1 aromatic rings.